The predicted molar refractivity (Wildman–Crippen MR) is 75.8 cm³/mol. The Labute approximate surface area is 104 Å². The van der Waals surface area contributed by atoms with Gasteiger partial charge in [0.05, 0.1) is 16.1 Å². The van der Waals surface area contributed by atoms with E-state index in [2.05, 4.69) is 36.4 Å². The highest BCUT2D eigenvalue weighted by Crippen LogP contribution is 1.99. The molecule has 17 heavy (non-hydrogen) atoms. The fourth-order valence-electron chi connectivity index (χ4n) is 1.88. The van der Waals surface area contributed by atoms with Crippen molar-refractivity contribution in [3.8, 4) is 0 Å². The number of hydrogen-bond acceptors (Lipinski definition) is 2. The summed E-state index contributed by atoms with van der Waals surface area (Å²) in [5, 5.41) is 2.85. The summed E-state index contributed by atoms with van der Waals surface area (Å²) in [6, 6.07) is 16.7. The van der Waals surface area contributed by atoms with Gasteiger partial charge in [0.1, 0.15) is 0 Å². The second kappa shape index (κ2) is 5.66. The number of methoxy groups -OCH3 is 1. The Morgan fingerprint density at radius 2 is 1.76 bits per heavy atom. The van der Waals surface area contributed by atoms with E-state index in [-0.39, 0.29) is 0 Å². The second-order valence-corrected chi connectivity index (χ2v) is 6.05. The summed E-state index contributed by atoms with van der Waals surface area (Å²) < 4.78 is 5.23. The molecular formula is C14H17NOSi. The minimum absolute atomic E-state index is 0.435. The van der Waals surface area contributed by atoms with Crippen LogP contribution >= 0.6 is 0 Å². The number of anilines is 1. The lowest BCUT2D eigenvalue weighted by molar-refractivity contribution is 0.185. The van der Waals surface area contributed by atoms with Crippen molar-refractivity contribution in [3.63, 3.8) is 0 Å². The molecule has 2 N–H and O–H groups in total. The first-order chi connectivity index (χ1) is 8.29. The van der Waals surface area contributed by atoms with Gasteiger partial charge in [-0.15, -0.1) is 0 Å². The molecule has 0 unspecified atom stereocenters. The van der Waals surface area contributed by atoms with Crippen molar-refractivity contribution in [2.24, 2.45) is 0 Å². The van der Waals surface area contributed by atoms with Gasteiger partial charge in [0, 0.05) is 12.8 Å². The van der Waals surface area contributed by atoms with Crippen LogP contribution in [-0.4, -0.2) is 16.6 Å². The molecule has 0 atom stereocenters. The molecule has 0 amide bonds. The van der Waals surface area contributed by atoms with Gasteiger partial charge in [-0.05, 0) is 17.7 Å². The van der Waals surface area contributed by atoms with Gasteiger partial charge in [-0.2, -0.15) is 0 Å². The van der Waals surface area contributed by atoms with Gasteiger partial charge in [0.15, 0.2) is 0 Å². The van der Waals surface area contributed by atoms with Crippen LogP contribution in [0.5, 0.6) is 0 Å². The van der Waals surface area contributed by atoms with E-state index in [1.807, 2.05) is 12.1 Å². The Morgan fingerprint density at radius 3 is 2.47 bits per heavy atom. The Kier molecular flexibility index (Phi) is 3.96. The molecule has 0 saturated heterocycles. The minimum atomic E-state index is -0.435. The molecule has 0 aliphatic rings. The summed E-state index contributed by atoms with van der Waals surface area (Å²) in [5.74, 6) is 0. The van der Waals surface area contributed by atoms with E-state index >= 15 is 0 Å². The third-order valence-corrected chi connectivity index (χ3v) is 4.74. The van der Waals surface area contributed by atoms with Crippen LogP contribution in [0.4, 0.5) is 5.69 Å². The van der Waals surface area contributed by atoms with Crippen molar-refractivity contribution in [3.05, 3.63) is 54.1 Å². The fraction of sp³-hybridized carbons (Fsp3) is 0.143. The molecule has 0 radical (unpaired) electrons. The van der Waals surface area contributed by atoms with Gasteiger partial charge >= 0.3 is 0 Å². The summed E-state index contributed by atoms with van der Waals surface area (Å²) in [7, 11) is 1.30. The number of hydrogen-bond donors (Lipinski definition) is 1. The normalized spacial score (nSPS) is 11.1. The minimum Gasteiger partial charge on any atom is -0.399 e. The molecule has 88 valence electrons. The maximum atomic E-state index is 5.69. The molecule has 2 aromatic rings. The number of nitrogen functional groups attached to an aromatic ring is 1. The lowest BCUT2D eigenvalue weighted by Gasteiger charge is -2.08. The Hall–Kier alpha value is -1.58. The zero-order valence-electron chi connectivity index (χ0n) is 10.0. The van der Waals surface area contributed by atoms with E-state index in [9.17, 15) is 0 Å². The van der Waals surface area contributed by atoms with Crippen LogP contribution in [0.15, 0.2) is 48.5 Å². The molecule has 0 bridgehead atoms. The van der Waals surface area contributed by atoms with Gasteiger partial charge in [-0.1, -0.05) is 46.8 Å². The molecule has 2 rings (SSSR count). The number of ether oxygens (including phenoxy) is 1. The molecule has 0 aliphatic carbocycles. The van der Waals surface area contributed by atoms with E-state index in [4.69, 9.17) is 10.5 Å². The van der Waals surface area contributed by atoms with Crippen LogP contribution in [0.1, 0.15) is 5.56 Å². The quantitative estimate of drug-likeness (QED) is 0.628. The first kappa shape index (κ1) is 11.9. The molecule has 3 heteroatoms. The van der Waals surface area contributed by atoms with Crippen molar-refractivity contribution in [1.29, 1.82) is 0 Å². The number of benzene rings is 2. The maximum absolute atomic E-state index is 5.69. The standard InChI is InChI=1S/C14H17NOSi/c1-16-10-11-4-2-3-5-14(11)17-13-8-6-12(15)7-9-13/h2-9H,10,15,17H2,1H3. The zero-order valence-corrected chi connectivity index (χ0v) is 11.4. The van der Waals surface area contributed by atoms with Crippen molar-refractivity contribution in [2.45, 2.75) is 6.61 Å². The zero-order chi connectivity index (χ0) is 12.1. The first-order valence-corrected chi connectivity index (χ1v) is 7.11. The molecule has 0 fully saturated rings. The van der Waals surface area contributed by atoms with Gasteiger partial charge in [0.2, 0.25) is 0 Å². The lowest BCUT2D eigenvalue weighted by Crippen LogP contribution is -2.29. The maximum Gasteiger partial charge on any atom is 0.0879 e. The van der Waals surface area contributed by atoms with Crippen LogP contribution in [-0.2, 0) is 11.3 Å². The average molecular weight is 243 g/mol. The van der Waals surface area contributed by atoms with Crippen molar-refractivity contribution >= 4 is 25.6 Å². The molecule has 0 spiro atoms. The van der Waals surface area contributed by atoms with Crippen LogP contribution in [0.25, 0.3) is 0 Å². The Bertz CT molecular complexity index is 482. The van der Waals surface area contributed by atoms with E-state index in [1.165, 1.54) is 15.9 Å². The molecule has 0 aromatic heterocycles. The van der Waals surface area contributed by atoms with Crippen molar-refractivity contribution in [1.82, 2.24) is 0 Å². The van der Waals surface area contributed by atoms with Gasteiger partial charge in [-0.25, -0.2) is 0 Å². The summed E-state index contributed by atoms with van der Waals surface area (Å²) in [6.07, 6.45) is 0. The largest absolute Gasteiger partial charge is 0.399 e. The molecule has 0 heterocycles. The summed E-state index contributed by atoms with van der Waals surface area (Å²) in [4.78, 5) is 0. The van der Waals surface area contributed by atoms with Crippen LogP contribution in [0.2, 0.25) is 0 Å². The lowest BCUT2D eigenvalue weighted by atomic mass is 10.2. The van der Waals surface area contributed by atoms with Crippen LogP contribution in [0.3, 0.4) is 0 Å². The molecule has 2 aromatic carbocycles. The molecule has 0 saturated carbocycles. The summed E-state index contributed by atoms with van der Waals surface area (Å²) in [6.45, 7) is 0.693. The Balaban J connectivity index is 2.20. The van der Waals surface area contributed by atoms with Crippen molar-refractivity contribution < 1.29 is 4.74 Å². The summed E-state index contributed by atoms with van der Waals surface area (Å²) >= 11 is 0. The van der Waals surface area contributed by atoms with E-state index < -0.39 is 9.52 Å². The monoisotopic (exact) mass is 243 g/mol. The van der Waals surface area contributed by atoms with Crippen molar-refractivity contribution in [2.75, 3.05) is 12.8 Å². The van der Waals surface area contributed by atoms with Crippen LogP contribution < -0.4 is 16.1 Å². The molecule has 0 aliphatic heterocycles. The van der Waals surface area contributed by atoms with Gasteiger partial charge in [-0.3, -0.25) is 0 Å². The predicted octanol–water partition coefficient (Wildman–Crippen LogP) is 0.535. The van der Waals surface area contributed by atoms with E-state index in [0.717, 1.165) is 5.69 Å². The third kappa shape index (κ3) is 3.19. The number of rotatable bonds is 4. The van der Waals surface area contributed by atoms with E-state index in [0.29, 0.717) is 6.61 Å². The van der Waals surface area contributed by atoms with Gasteiger partial charge in [0.25, 0.3) is 0 Å². The second-order valence-electron chi connectivity index (χ2n) is 4.12. The van der Waals surface area contributed by atoms with Crippen LogP contribution in [0, 0.1) is 0 Å². The SMILES string of the molecule is COCc1ccccc1[SiH2]c1ccc(N)cc1. The van der Waals surface area contributed by atoms with E-state index in [1.54, 1.807) is 7.11 Å². The smallest absolute Gasteiger partial charge is 0.0879 e. The average Bonchev–Trinajstić information content (AvgIpc) is 2.35. The topological polar surface area (TPSA) is 35.2 Å². The highest BCUT2D eigenvalue weighted by Gasteiger charge is 2.03. The molecular weight excluding hydrogens is 226 g/mol. The highest BCUT2D eigenvalue weighted by atomic mass is 28.2. The highest BCUT2D eigenvalue weighted by molar-refractivity contribution is 6.67. The first-order valence-electron chi connectivity index (χ1n) is 5.69. The Morgan fingerprint density at radius 1 is 1.06 bits per heavy atom. The third-order valence-electron chi connectivity index (χ3n) is 2.79. The number of nitrogens with two attached hydrogens (primary N) is 1. The fourth-order valence-corrected chi connectivity index (χ4v) is 3.49. The van der Waals surface area contributed by atoms with Gasteiger partial charge < -0.3 is 10.5 Å². The molecule has 2 nitrogen and oxygen atoms in total. The summed E-state index contributed by atoms with van der Waals surface area (Å²) in [5.41, 5.74) is 7.82.